The first-order valence-corrected chi connectivity index (χ1v) is 13.3. The van der Waals surface area contributed by atoms with Crippen LogP contribution in [-0.4, -0.2) is 21.4 Å². The Morgan fingerprint density at radius 1 is 0.971 bits per heavy atom. The van der Waals surface area contributed by atoms with Gasteiger partial charge in [-0.25, -0.2) is 8.42 Å². The average Bonchev–Trinajstić information content (AvgIpc) is 3.31. The molecular formula is C27H26N2O3S2. The number of amides is 1. The molecule has 1 amide bonds. The lowest BCUT2D eigenvalue weighted by atomic mass is 10.1. The molecule has 0 saturated heterocycles. The molecule has 5 nitrogen and oxygen atoms in total. The maximum absolute atomic E-state index is 13.9. The van der Waals surface area contributed by atoms with Crippen LogP contribution >= 0.6 is 11.3 Å². The number of aryl methyl sites for hydroxylation is 2. The topological polar surface area (TPSA) is 66.5 Å². The van der Waals surface area contributed by atoms with Crippen LogP contribution in [0.3, 0.4) is 0 Å². The van der Waals surface area contributed by atoms with E-state index in [1.165, 1.54) is 11.4 Å². The Morgan fingerprint density at radius 3 is 2.32 bits per heavy atom. The van der Waals surface area contributed by atoms with Crippen molar-refractivity contribution < 1.29 is 13.2 Å². The lowest BCUT2D eigenvalue weighted by molar-refractivity contribution is 0.102. The van der Waals surface area contributed by atoms with E-state index in [4.69, 9.17) is 0 Å². The molecule has 0 aliphatic carbocycles. The molecule has 0 fully saturated rings. The monoisotopic (exact) mass is 490 g/mol. The first-order chi connectivity index (χ1) is 16.3. The number of anilines is 2. The summed E-state index contributed by atoms with van der Waals surface area (Å²) in [5.41, 5.74) is 4.52. The molecule has 0 bridgehead atoms. The Balaban J connectivity index is 1.81. The molecule has 0 aliphatic rings. The van der Waals surface area contributed by atoms with Crippen molar-refractivity contribution in [2.24, 2.45) is 0 Å². The van der Waals surface area contributed by atoms with Gasteiger partial charge in [0.2, 0.25) is 0 Å². The maximum Gasteiger partial charge on any atom is 0.267 e. The Kier molecular flexibility index (Phi) is 6.86. The van der Waals surface area contributed by atoms with Crippen LogP contribution in [0.2, 0.25) is 0 Å². The third-order valence-electron chi connectivity index (χ3n) is 5.64. The Morgan fingerprint density at radius 2 is 1.68 bits per heavy atom. The van der Waals surface area contributed by atoms with Gasteiger partial charge < -0.3 is 5.32 Å². The van der Waals surface area contributed by atoms with Gasteiger partial charge in [0.1, 0.15) is 9.77 Å². The molecule has 0 spiro atoms. The van der Waals surface area contributed by atoms with E-state index in [0.29, 0.717) is 16.9 Å². The summed E-state index contributed by atoms with van der Waals surface area (Å²) in [4.78, 5) is 13.5. The van der Waals surface area contributed by atoms with Gasteiger partial charge in [0, 0.05) is 23.7 Å². The third kappa shape index (κ3) is 4.76. The molecule has 0 saturated carbocycles. The van der Waals surface area contributed by atoms with Crippen molar-refractivity contribution >= 4 is 38.6 Å². The van der Waals surface area contributed by atoms with Crippen LogP contribution < -0.4 is 9.62 Å². The van der Waals surface area contributed by atoms with E-state index >= 15 is 0 Å². The van der Waals surface area contributed by atoms with Crippen molar-refractivity contribution in [3.63, 3.8) is 0 Å². The number of carbonyl (C=O) groups excluding carboxylic acids is 1. The fraction of sp³-hybridized carbons (Fsp3) is 0.148. The molecule has 0 radical (unpaired) electrons. The average molecular weight is 491 g/mol. The fourth-order valence-electron chi connectivity index (χ4n) is 3.70. The summed E-state index contributed by atoms with van der Waals surface area (Å²) in [6.07, 6.45) is 0.864. The van der Waals surface area contributed by atoms with Gasteiger partial charge in [0.25, 0.3) is 15.9 Å². The second-order valence-electron chi connectivity index (χ2n) is 7.99. The zero-order valence-corrected chi connectivity index (χ0v) is 20.9. The summed E-state index contributed by atoms with van der Waals surface area (Å²) < 4.78 is 29.1. The van der Waals surface area contributed by atoms with Gasteiger partial charge in [-0.15, -0.1) is 11.3 Å². The first-order valence-electron chi connectivity index (χ1n) is 10.9. The zero-order valence-electron chi connectivity index (χ0n) is 19.3. The first kappa shape index (κ1) is 23.7. The molecule has 34 heavy (non-hydrogen) atoms. The number of sulfonamides is 1. The minimum atomic E-state index is -4.04. The van der Waals surface area contributed by atoms with Crippen molar-refractivity contribution in [2.75, 3.05) is 16.7 Å². The second kappa shape index (κ2) is 9.83. The number of hydrogen-bond acceptors (Lipinski definition) is 4. The van der Waals surface area contributed by atoms with Gasteiger partial charge in [-0.2, -0.15) is 0 Å². The number of nitrogens with one attached hydrogen (secondary N) is 1. The van der Waals surface area contributed by atoms with Crippen molar-refractivity contribution in [3.8, 4) is 11.1 Å². The van der Waals surface area contributed by atoms with Gasteiger partial charge in [0.15, 0.2) is 0 Å². The van der Waals surface area contributed by atoms with Crippen LogP contribution in [0.5, 0.6) is 0 Å². The number of thiophene rings is 1. The number of carbonyl (C=O) groups is 1. The highest BCUT2D eigenvalue weighted by atomic mass is 32.2. The van der Waals surface area contributed by atoms with Crippen LogP contribution in [-0.2, 0) is 16.4 Å². The number of hydrogen-bond donors (Lipinski definition) is 1. The summed E-state index contributed by atoms with van der Waals surface area (Å²) in [7, 11) is -2.52. The lowest BCUT2D eigenvalue weighted by Crippen LogP contribution is -2.28. The lowest BCUT2D eigenvalue weighted by Gasteiger charge is -2.21. The summed E-state index contributed by atoms with van der Waals surface area (Å²) in [6.45, 7) is 3.98. The van der Waals surface area contributed by atoms with E-state index in [1.807, 2.05) is 74.5 Å². The number of nitrogens with zero attached hydrogens (tertiary/aromatic N) is 1. The molecule has 7 heteroatoms. The maximum atomic E-state index is 13.9. The molecule has 4 rings (SSSR count). The Labute approximate surface area is 204 Å². The van der Waals surface area contributed by atoms with Crippen molar-refractivity contribution in [2.45, 2.75) is 25.2 Å². The van der Waals surface area contributed by atoms with E-state index in [-0.39, 0.29) is 9.77 Å². The largest absolute Gasteiger partial charge is 0.321 e. The standard InChI is InChI=1S/C27H26N2O3S2/c1-4-20-13-15-23(16-14-20)29(3)34(31,32)26-24(21-10-6-5-7-11-21)18-33-25(26)27(30)28-22-12-8-9-19(2)17-22/h5-18H,4H2,1-3H3,(H,28,30). The smallest absolute Gasteiger partial charge is 0.267 e. The van der Waals surface area contributed by atoms with Crippen LogP contribution in [0.4, 0.5) is 11.4 Å². The normalized spacial score (nSPS) is 11.3. The molecule has 0 aliphatic heterocycles. The van der Waals surface area contributed by atoms with E-state index in [1.54, 1.807) is 23.6 Å². The molecule has 3 aromatic carbocycles. The van der Waals surface area contributed by atoms with Crippen LogP contribution in [0, 0.1) is 6.92 Å². The summed E-state index contributed by atoms with van der Waals surface area (Å²) >= 11 is 1.13. The summed E-state index contributed by atoms with van der Waals surface area (Å²) in [5.74, 6) is -0.453. The Hall–Kier alpha value is -3.42. The number of rotatable bonds is 7. The van der Waals surface area contributed by atoms with E-state index in [0.717, 1.165) is 34.4 Å². The van der Waals surface area contributed by atoms with Gasteiger partial charge in [-0.05, 0) is 54.3 Å². The summed E-state index contributed by atoms with van der Waals surface area (Å²) in [5, 5.41) is 4.60. The van der Waals surface area contributed by atoms with Crippen LogP contribution in [0.15, 0.2) is 89.1 Å². The van der Waals surface area contributed by atoms with Gasteiger partial charge in [-0.3, -0.25) is 9.10 Å². The van der Waals surface area contributed by atoms with Crippen molar-refractivity contribution in [1.82, 2.24) is 0 Å². The highest BCUT2D eigenvalue weighted by Crippen LogP contribution is 2.38. The quantitative estimate of drug-likeness (QED) is 0.328. The molecule has 0 unspecified atom stereocenters. The fourth-order valence-corrected chi connectivity index (χ4v) is 6.56. The predicted molar refractivity (Wildman–Crippen MR) is 140 cm³/mol. The zero-order chi connectivity index (χ0) is 24.3. The highest BCUT2D eigenvalue weighted by molar-refractivity contribution is 7.93. The van der Waals surface area contributed by atoms with Gasteiger partial charge >= 0.3 is 0 Å². The summed E-state index contributed by atoms with van der Waals surface area (Å²) in [6, 6.07) is 24.1. The van der Waals surface area contributed by atoms with E-state index in [2.05, 4.69) is 5.32 Å². The predicted octanol–water partition coefficient (Wildman–Crippen LogP) is 6.36. The SMILES string of the molecule is CCc1ccc(N(C)S(=O)(=O)c2c(-c3ccccc3)csc2C(=O)Nc2cccc(C)c2)cc1. The van der Waals surface area contributed by atoms with Crippen LogP contribution in [0.25, 0.3) is 11.1 Å². The van der Waals surface area contributed by atoms with E-state index in [9.17, 15) is 13.2 Å². The molecule has 174 valence electrons. The van der Waals surface area contributed by atoms with Crippen LogP contribution in [0.1, 0.15) is 27.7 Å². The highest BCUT2D eigenvalue weighted by Gasteiger charge is 2.32. The molecule has 1 N–H and O–H groups in total. The minimum absolute atomic E-state index is 0.0101. The second-order valence-corrected chi connectivity index (χ2v) is 10.8. The van der Waals surface area contributed by atoms with Gasteiger partial charge in [-0.1, -0.05) is 61.5 Å². The van der Waals surface area contributed by atoms with Crippen molar-refractivity contribution in [3.05, 3.63) is 100 Å². The minimum Gasteiger partial charge on any atom is -0.321 e. The Bertz CT molecular complexity index is 1410. The molecule has 1 heterocycles. The third-order valence-corrected chi connectivity index (χ3v) is 8.62. The van der Waals surface area contributed by atoms with Gasteiger partial charge in [0.05, 0.1) is 5.69 Å². The van der Waals surface area contributed by atoms with E-state index < -0.39 is 15.9 Å². The molecule has 0 atom stereocenters. The molecular weight excluding hydrogens is 464 g/mol. The molecule has 4 aromatic rings. The number of benzene rings is 3. The van der Waals surface area contributed by atoms with Crippen molar-refractivity contribution in [1.29, 1.82) is 0 Å². The molecule has 1 aromatic heterocycles.